The van der Waals surface area contributed by atoms with E-state index in [0.717, 1.165) is 36.9 Å². The van der Waals surface area contributed by atoms with Gasteiger partial charge in [0.2, 0.25) is 0 Å². The lowest BCUT2D eigenvalue weighted by atomic mass is 9.66. The average molecular weight is 350 g/mol. The molecule has 1 saturated heterocycles. The first kappa shape index (κ1) is 17.2. The molecule has 26 heavy (non-hydrogen) atoms. The Morgan fingerprint density at radius 3 is 2.69 bits per heavy atom. The SMILES string of the molecule is Cc1ncccc1C(=O)N1CCC(O)(c2ccccc2)C2CCCCC21. The van der Waals surface area contributed by atoms with E-state index in [1.54, 1.807) is 6.20 Å². The van der Waals surface area contributed by atoms with Crippen LogP contribution in [0.5, 0.6) is 0 Å². The fraction of sp³-hybridized carbons (Fsp3) is 0.455. The van der Waals surface area contributed by atoms with Crippen molar-refractivity contribution in [3.05, 3.63) is 65.5 Å². The number of fused-ring (bicyclic) bond motifs is 1. The molecule has 136 valence electrons. The van der Waals surface area contributed by atoms with Crippen molar-refractivity contribution in [3.63, 3.8) is 0 Å². The first-order chi connectivity index (χ1) is 12.6. The van der Waals surface area contributed by atoms with Crippen LogP contribution in [0.1, 0.15) is 53.7 Å². The molecule has 2 heterocycles. The fourth-order valence-corrected chi connectivity index (χ4v) is 4.89. The van der Waals surface area contributed by atoms with Crippen LogP contribution in [0.4, 0.5) is 0 Å². The Hall–Kier alpha value is -2.20. The predicted molar refractivity (Wildman–Crippen MR) is 101 cm³/mol. The minimum atomic E-state index is -0.840. The van der Waals surface area contributed by atoms with Crippen LogP contribution in [0.15, 0.2) is 48.7 Å². The van der Waals surface area contributed by atoms with E-state index in [4.69, 9.17) is 0 Å². The number of aliphatic hydroxyl groups is 1. The summed E-state index contributed by atoms with van der Waals surface area (Å²) in [5, 5.41) is 11.6. The number of hydrogen-bond donors (Lipinski definition) is 1. The number of aryl methyl sites for hydroxylation is 1. The van der Waals surface area contributed by atoms with Crippen molar-refractivity contribution in [2.45, 2.75) is 50.7 Å². The molecule has 4 heteroatoms. The van der Waals surface area contributed by atoms with Crippen LogP contribution in [0, 0.1) is 12.8 Å². The van der Waals surface area contributed by atoms with Gasteiger partial charge in [0.05, 0.1) is 11.2 Å². The number of likely N-dealkylation sites (tertiary alicyclic amines) is 1. The van der Waals surface area contributed by atoms with Crippen LogP contribution in [0.2, 0.25) is 0 Å². The summed E-state index contributed by atoms with van der Waals surface area (Å²) in [5.41, 5.74) is 1.60. The number of amides is 1. The number of pyridine rings is 1. The third kappa shape index (κ3) is 2.82. The third-order valence-corrected chi connectivity index (χ3v) is 6.25. The first-order valence-electron chi connectivity index (χ1n) is 9.62. The van der Waals surface area contributed by atoms with Crippen molar-refractivity contribution in [3.8, 4) is 0 Å². The van der Waals surface area contributed by atoms with Gasteiger partial charge in [0, 0.05) is 30.4 Å². The molecule has 1 amide bonds. The lowest BCUT2D eigenvalue weighted by Gasteiger charge is -2.52. The summed E-state index contributed by atoms with van der Waals surface area (Å²) < 4.78 is 0. The molecular formula is C22H26N2O2. The Morgan fingerprint density at radius 1 is 1.15 bits per heavy atom. The molecule has 1 N–H and O–H groups in total. The predicted octanol–water partition coefficient (Wildman–Crippen LogP) is 3.68. The van der Waals surface area contributed by atoms with Crippen molar-refractivity contribution in [2.75, 3.05) is 6.54 Å². The second-order valence-corrected chi connectivity index (χ2v) is 7.63. The van der Waals surface area contributed by atoms with Crippen LogP contribution >= 0.6 is 0 Å². The van der Waals surface area contributed by atoms with Crippen LogP contribution in [0.3, 0.4) is 0 Å². The second kappa shape index (κ2) is 6.84. The van der Waals surface area contributed by atoms with E-state index in [2.05, 4.69) is 4.98 Å². The summed E-state index contributed by atoms with van der Waals surface area (Å²) in [5.74, 6) is 0.149. The van der Waals surface area contributed by atoms with Crippen LogP contribution < -0.4 is 0 Å². The van der Waals surface area contributed by atoms with E-state index in [1.165, 1.54) is 0 Å². The number of hydrogen-bond acceptors (Lipinski definition) is 3. The highest BCUT2D eigenvalue weighted by Crippen LogP contribution is 2.47. The Labute approximate surface area is 154 Å². The smallest absolute Gasteiger partial charge is 0.255 e. The molecule has 0 spiro atoms. The van der Waals surface area contributed by atoms with Crippen molar-refractivity contribution in [2.24, 2.45) is 5.92 Å². The Bertz CT molecular complexity index is 792. The summed E-state index contributed by atoms with van der Waals surface area (Å²) in [7, 11) is 0. The van der Waals surface area contributed by atoms with Crippen molar-refractivity contribution in [1.82, 2.24) is 9.88 Å². The second-order valence-electron chi connectivity index (χ2n) is 7.63. The van der Waals surface area contributed by atoms with Gasteiger partial charge in [-0.1, -0.05) is 43.2 Å². The van der Waals surface area contributed by atoms with Gasteiger partial charge in [-0.3, -0.25) is 9.78 Å². The van der Waals surface area contributed by atoms with Crippen molar-refractivity contribution >= 4 is 5.91 Å². The Kier molecular flexibility index (Phi) is 4.53. The minimum Gasteiger partial charge on any atom is -0.385 e. The molecule has 1 aliphatic carbocycles. The number of carbonyl (C=O) groups excluding carboxylic acids is 1. The van der Waals surface area contributed by atoms with Gasteiger partial charge >= 0.3 is 0 Å². The molecule has 2 aliphatic rings. The number of aromatic nitrogens is 1. The molecule has 2 fully saturated rings. The van der Waals surface area contributed by atoms with Crippen LogP contribution in [-0.2, 0) is 5.60 Å². The van der Waals surface area contributed by atoms with E-state index in [1.807, 2.05) is 54.3 Å². The average Bonchev–Trinajstić information content (AvgIpc) is 2.69. The standard InChI is InChI=1S/C22H26N2O2/c1-16-18(10-7-14-23-16)21(25)24-15-13-22(26,17-8-3-2-4-9-17)19-11-5-6-12-20(19)24/h2-4,7-10,14,19-20,26H,5-6,11-13,15H2,1H3. The van der Waals surface area contributed by atoms with E-state index >= 15 is 0 Å². The van der Waals surface area contributed by atoms with Gasteiger partial charge in [-0.25, -0.2) is 0 Å². The molecular weight excluding hydrogens is 324 g/mol. The molecule has 1 aliphatic heterocycles. The lowest BCUT2D eigenvalue weighted by molar-refractivity contribution is -0.110. The van der Waals surface area contributed by atoms with Gasteiger partial charge in [-0.15, -0.1) is 0 Å². The van der Waals surface area contributed by atoms with E-state index in [9.17, 15) is 9.90 Å². The normalized spacial score (nSPS) is 28.5. The quantitative estimate of drug-likeness (QED) is 0.899. The van der Waals surface area contributed by atoms with Crippen molar-refractivity contribution < 1.29 is 9.90 Å². The largest absolute Gasteiger partial charge is 0.385 e. The first-order valence-corrected chi connectivity index (χ1v) is 9.62. The molecule has 0 bridgehead atoms. The third-order valence-electron chi connectivity index (χ3n) is 6.25. The molecule has 3 atom stereocenters. The highest BCUT2D eigenvalue weighted by Gasteiger charge is 2.50. The van der Waals surface area contributed by atoms with Gasteiger partial charge in [-0.05, 0) is 43.9 Å². The number of piperidine rings is 1. The minimum absolute atomic E-state index is 0.0580. The van der Waals surface area contributed by atoms with Crippen LogP contribution in [-0.4, -0.2) is 33.5 Å². The maximum Gasteiger partial charge on any atom is 0.255 e. The van der Waals surface area contributed by atoms with Gasteiger partial charge in [-0.2, -0.15) is 0 Å². The number of carbonyl (C=O) groups is 1. The topological polar surface area (TPSA) is 53.4 Å². The molecule has 1 saturated carbocycles. The zero-order valence-corrected chi connectivity index (χ0v) is 15.3. The van der Waals surface area contributed by atoms with Gasteiger partial charge < -0.3 is 10.0 Å². The maximum absolute atomic E-state index is 13.2. The molecule has 1 aromatic heterocycles. The molecule has 0 radical (unpaired) electrons. The lowest BCUT2D eigenvalue weighted by Crippen LogP contribution is -2.59. The van der Waals surface area contributed by atoms with E-state index < -0.39 is 5.60 Å². The van der Waals surface area contributed by atoms with Crippen LogP contribution in [0.25, 0.3) is 0 Å². The number of nitrogens with zero attached hydrogens (tertiary/aromatic N) is 2. The fourth-order valence-electron chi connectivity index (χ4n) is 4.89. The number of rotatable bonds is 2. The van der Waals surface area contributed by atoms with E-state index in [-0.39, 0.29) is 17.9 Å². The zero-order chi connectivity index (χ0) is 18.1. The van der Waals surface area contributed by atoms with Crippen molar-refractivity contribution in [1.29, 1.82) is 0 Å². The maximum atomic E-state index is 13.2. The Balaban J connectivity index is 1.67. The summed E-state index contributed by atoms with van der Waals surface area (Å²) >= 11 is 0. The summed E-state index contributed by atoms with van der Waals surface area (Å²) in [6, 6.07) is 13.8. The Morgan fingerprint density at radius 2 is 1.92 bits per heavy atom. The molecule has 4 rings (SSSR count). The highest BCUT2D eigenvalue weighted by atomic mass is 16.3. The van der Waals surface area contributed by atoms with Gasteiger partial charge in [0.1, 0.15) is 0 Å². The van der Waals surface area contributed by atoms with Gasteiger partial charge in [0.25, 0.3) is 5.91 Å². The highest BCUT2D eigenvalue weighted by molar-refractivity contribution is 5.95. The zero-order valence-electron chi connectivity index (χ0n) is 15.3. The van der Waals surface area contributed by atoms with E-state index in [0.29, 0.717) is 18.5 Å². The van der Waals surface area contributed by atoms with Gasteiger partial charge in [0.15, 0.2) is 0 Å². The summed E-state index contributed by atoms with van der Waals surface area (Å²) in [4.78, 5) is 19.5. The molecule has 4 nitrogen and oxygen atoms in total. The molecule has 1 aromatic carbocycles. The summed E-state index contributed by atoms with van der Waals surface area (Å²) in [6.07, 6.45) is 6.46. The molecule has 3 unspecified atom stereocenters. The monoisotopic (exact) mass is 350 g/mol. The summed E-state index contributed by atoms with van der Waals surface area (Å²) in [6.45, 7) is 2.47. The molecule has 2 aromatic rings. The number of benzene rings is 1.